The second-order valence-corrected chi connectivity index (χ2v) is 6.34. The van der Waals surface area contributed by atoms with Gasteiger partial charge in [0.15, 0.2) is 0 Å². The van der Waals surface area contributed by atoms with Crippen LogP contribution in [0, 0.1) is 19.3 Å². The van der Waals surface area contributed by atoms with Crippen LogP contribution in [-0.4, -0.2) is 6.54 Å². The fourth-order valence-corrected chi connectivity index (χ4v) is 3.17. The average Bonchev–Trinajstić information content (AvgIpc) is 2.67. The number of aryl methyl sites for hydroxylation is 2. The third-order valence-electron chi connectivity index (χ3n) is 4.44. The highest BCUT2D eigenvalue weighted by molar-refractivity contribution is 5.23. The molecule has 0 aliphatic heterocycles. The van der Waals surface area contributed by atoms with Gasteiger partial charge in [0.05, 0.1) is 0 Å². The van der Waals surface area contributed by atoms with Crippen LogP contribution in [0.4, 0.5) is 0 Å². The zero-order valence-corrected chi connectivity index (χ0v) is 12.3. The molecule has 102 valence electrons. The average molecular weight is 249 g/mol. The first-order chi connectivity index (χ1) is 8.50. The van der Waals surface area contributed by atoms with Gasteiger partial charge in [-0.25, -0.2) is 0 Å². The van der Waals surface area contributed by atoms with E-state index >= 15 is 0 Å². The minimum absolute atomic E-state index is 0.390. The molecular formula is C16H27NO. The Morgan fingerprint density at radius 2 is 1.94 bits per heavy atom. The van der Waals surface area contributed by atoms with Gasteiger partial charge in [0.1, 0.15) is 11.5 Å². The first-order valence-corrected chi connectivity index (χ1v) is 7.30. The van der Waals surface area contributed by atoms with Crippen molar-refractivity contribution in [2.75, 3.05) is 6.54 Å². The number of nitrogens with one attached hydrogen (secondary N) is 1. The van der Waals surface area contributed by atoms with Crippen molar-refractivity contribution in [3.05, 3.63) is 23.2 Å². The highest BCUT2D eigenvalue weighted by atomic mass is 16.3. The summed E-state index contributed by atoms with van der Waals surface area (Å²) in [4.78, 5) is 0. The molecule has 0 amide bonds. The molecule has 0 aromatic carbocycles. The van der Waals surface area contributed by atoms with Gasteiger partial charge >= 0.3 is 0 Å². The fourth-order valence-electron chi connectivity index (χ4n) is 3.17. The van der Waals surface area contributed by atoms with Crippen molar-refractivity contribution in [3.63, 3.8) is 0 Å². The number of rotatable bonds is 4. The Kier molecular flexibility index (Phi) is 4.16. The van der Waals surface area contributed by atoms with E-state index < -0.39 is 0 Å². The summed E-state index contributed by atoms with van der Waals surface area (Å²) in [5.74, 6) is 2.07. The molecule has 1 saturated carbocycles. The molecule has 1 fully saturated rings. The smallest absolute Gasteiger partial charge is 0.105 e. The summed E-state index contributed by atoms with van der Waals surface area (Å²) in [6, 6.07) is 2.55. The van der Waals surface area contributed by atoms with Crippen molar-refractivity contribution in [1.82, 2.24) is 5.32 Å². The summed E-state index contributed by atoms with van der Waals surface area (Å²) in [6.45, 7) is 9.87. The summed E-state index contributed by atoms with van der Waals surface area (Å²) in [7, 11) is 0. The van der Waals surface area contributed by atoms with Crippen LogP contribution >= 0.6 is 0 Å². The SMILES string of the molecule is Cc1cc(C(C)NCC2(C)CCCCC2)c(C)o1. The predicted octanol–water partition coefficient (Wildman–Crippen LogP) is 4.52. The Balaban J connectivity index is 1.91. The maximum absolute atomic E-state index is 5.61. The van der Waals surface area contributed by atoms with Gasteiger partial charge < -0.3 is 9.73 Å². The first kappa shape index (κ1) is 13.7. The molecule has 1 N–H and O–H groups in total. The van der Waals surface area contributed by atoms with Crippen LogP contribution in [0.2, 0.25) is 0 Å². The Bertz CT molecular complexity index is 388. The standard InChI is InChI=1S/C16H27NO/c1-12-10-15(14(3)18-12)13(2)17-11-16(4)8-6-5-7-9-16/h10,13,17H,5-9,11H2,1-4H3. The van der Waals surface area contributed by atoms with Crippen molar-refractivity contribution in [1.29, 1.82) is 0 Å². The predicted molar refractivity (Wildman–Crippen MR) is 75.8 cm³/mol. The fraction of sp³-hybridized carbons (Fsp3) is 0.750. The molecule has 1 heterocycles. The molecule has 1 aromatic rings. The molecule has 0 bridgehead atoms. The Labute approximate surface area is 111 Å². The lowest BCUT2D eigenvalue weighted by atomic mass is 9.75. The van der Waals surface area contributed by atoms with Crippen molar-refractivity contribution in [3.8, 4) is 0 Å². The largest absolute Gasteiger partial charge is 0.466 e. The number of furan rings is 1. The molecule has 0 spiro atoms. The van der Waals surface area contributed by atoms with E-state index in [4.69, 9.17) is 4.42 Å². The molecule has 2 heteroatoms. The van der Waals surface area contributed by atoms with E-state index in [1.165, 1.54) is 37.7 Å². The Morgan fingerprint density at radius 1 is 1.28 bits per heavy atom. The van der Waals surface area contributed by atoms with Crippen LogP contribution in [-0.2, 0) is 0 Å². The van der Waals surface area contributed by atoms with E-state index in [1.807, 2.05) is 6.92 Å². The molecule has 0 saturated heterocycles. The molecule has 1 aliphatic rings. The van der Waals surface area contributed by atoms with E-state index in [2.05, 4.69) is 32.2 Å². The van der Waals surface area contributed by atoms with E-state index in [-0.39, 0.29) is 0 Å². The van der Waals surface area contributed by atoms with Crippen molar-refractivity contribution in [2.24, 2.45) is 5.41 Å². The van der Waals surface area contributed by atoms with Crippen LogP contribution in [0.5, 0.6) is 0 Å². The van der Waals surface area contributed by atoms with Crippen LogP contribution in [0.3, 0.4) is 0 Å². The molecule has 1 aromatic heterocycles. The molecule has 2 nitrogen and oxygen atoms in total. The summed E-state index contributed by atoms with van der Waals surface area (Å²) < 4.78 is 5.61. The lowest BCUT2D eigenvalue weighted by Gasteiger charge is -2.34. The molecule has 18 heavy (non-hydrogen) atoms. The summed E-state index contributed by atoms with van der Waals surface area (Å²) in [5, 5.41) is 3.70. The van der Waals surface area contributed by atoms with Crippen molar-refractivity contribution >= 4 is 0 Å². The summed E-state index contributed by atoms with van der Waals surface area (Å²) >= 11 is 0. The van der Waals surface area contributed by atoms with Gasteiger partial charge in [-0.05, 0) is 45.1 Å². The normalized spacial score (nSPS) is 20.9. The highest BCUT2D eigenvalue weighted by Crippen LogP contribution is 2.35. The maximum Gasteiger partial charge on any atom is 0.105 e. The lowest BCUT2D eigenvalue weighted by molar-refractivity contribution is 0.201. The lowest BCUT2D eigenvalue weighted by Crippen LogP contribution is -2.35. The Hall–Kier alpha value is -0.760. The van der Waals surface area contributed by atoms with Crippen molar-refractivity contribution in [2.45, 2.75) is 65.8 Å². The van der Waals surface area contributed by atoms with E-state index in [1.54, 1.807) is 0 Å². The zero-order valence-electron chi connectivity index (χ0n) is 12.3. The molecule has 1 aliphatic carbocycles. The minimum Gasteiger partial charge on any atom is -0.466 e. The van der Waals surface area contributed by atoms with Crippen LogP contribution in [0.25, 0.3) is 0 Å². The molecule has 1 atom stereocenters. The van der Waals surface area contributed by atoms with Gasteiger partial charge in [-0.1, -0.05) is 26.2 Å². The molecule has 1 unspecified atom stereocenters. The van der Waals surface area contributed by atoms with Crippen LogP contribution in [0.1, 0.15) is 69.1 Å². The van der Waals surface area contributed by atoms with E-state index in [9.17, 15) is 0 Å². The van der Waals surface area contributed by atoms with Crippen LogP contribution < -0.4 is 5.32 Å². The van der Waals surface area contributed by atoms with Gasteiger partial charge in [0, 0.05) is 18.2 Å². The molecular weight excluding hydrogens is 222 g/mol. The Morgan fingerprint density at radius 3 is 2.50 bits per heavy atom. The quantitative estimate of drug-likeness (QED) is 0.849. The number of hydrogen-bond donors (Lipinski definition) is 1. The molecule has 0 radical (unpaired) electrons. The minimum atomic E-state index is 0.390. The van der Waals surface area contributed by atoms with Gasteiger partial charge in [0.2, 0.25) is 0 Å². The second kappa shape index (κ2) is 5.48. The maximum atomic E-state index is 5.61. The van der Waals surface area contributed by atoms with Gasteiger partial charge in [-0.3, -0.25) is 0 Å². The van der Waals surface area contributed by atoms with Crippen molar-refractivity contribution < 1.29 is 4.42 Å². The number of hydrogen-bond acceptors (Lipinski definition) is 2. The summed E-state index contributed by atoms with van der Waals surface area (Å²) in [6.07, 6.45) is 6.96. The van der Waals surface area contributed by atoms with Gasteiger partial charge in [-0.2, -0.15) is 0 Å². The second-order valence-electron chi connectivity index (χ2n) is 6.34. The van der Waals surface area contributed by atoms with Gasteiger partial charge in [-0.15, -0.1) is 0 Å². The first-order valence-electron chi connectivity index (χ1n) is 7.30. The monoisotopic (exact) mass is 249 g/mol. The highest BCUT2D eigenvalue weighted by Gasteiger charge is 2.27. The zero-order chi connectivity index (χ0) is 13.2. The topological polar surface area (TPSA) is 25.2 Å². The third-order valence-corrected chi connectivity index (χ3v) is 4.44. The van der Waals surface area contributed by atoms with Gasteiger partial charge in [0.25, 0.3) is 0 Å². The third kappa shape index (κ3) is 3.17. The molecule has 2 rings (SSSR count). The van der Waals surface area contributed by atoms with E-state index in [0.717, 1.165) is 18.1 Å². The van der Waals surface area contributed by atoms with E-state index in [0.29, 0.717) is 11.5 Å². The van der Waals surface area contributed by atoms with Crippen LogP contribution in [0.15, 0.2) is 10.5 Å². The summed E-state index contributed by atoms with van der Waals surface area (Å²) in [5.41, 5.74) is 1.81.